The van der Waals surface area contributed by atoms with E-state index in [1.807, 2.05) is 6.07 Å². The summed E-state index contributed by atoms with van der Waals surface area (Å²) in [5, 5.41) is 23.6. The lowest BCUT2D eigenvalue weighted by Gasteiger charge is -2.31. The molecule has 0 aliphatic carbocycles. The van der Waals surface area contributed by atoms with Gasteiger partial charge >= 0.3 is 12.1 Å². The van der Waals surface area contributed by atoms with Crippen LogP contribution in [0.4, 0.5) is 22.0 Å². The zero-order valence-corrected chi connectivity index (χ0v) is 28.5. The molecule has 0 unspecified atom stereocenters. The Bertz CT molecular complexity index is 1720. The summed E-state index contributed by atoms with van der Waals surface area (Å²) >= 11 is 0. The quantitative estimate of drug-likeness (QED) is 0.172. The van der Waals surface area contributed by atoms with Crippen LogP contribution >= 0.6 is 0 Å². The fraction of sp³-hybridized carbons (Fsp3) is 0.424. The zero-order valence-electron chi connectivity index (χ0n) is 28.5. The Morgan fingerprint density at radius 1 is 1.00 bits per heavy atom. The van der Waals surface area contributed by atoms with Gasteiger partial charge in [0.05, 0.1) is 18.3 Å². The van der Waals surface area contributed by atoms with Gasteiger partial charge in [-0.25, -0.2) is 18.3 Å². The molecule has 0 radical (unpaired) electrons. The van der Waals surface area contributed by atoms with Gasteiger partial charge < -0.3 is 31.7 Å². The number of nitrogens with zero attached hydrogens (tertiary/aromatic N) is 4. The summed E-state index contributed by atoms with van der Waals surface area (Å²) in [6.07, 6.45) is -3.37. The highest BCUT2D eigenvalue weighted by atomic mass is 19.4. The number of carbonyl (C=O) groups is 5. The van der Waals surface area contributed by atoms with Crippen molar-refractivity contribution in [3.8, 4) is 11.3 Å². The second-order valence-corrected chi connectivity index (χ2v) is 12.3. The molecule has 1 aliphatic rings. The number of carboxylic acid groups (broad SMARTS) is 1. The van der Waals surface area contributed by atoms with Crippen molar-refractivity contribution in [1.82, 2.24) is 35.8 Å². The van der Waals surface area contributed by atoms with Crippen LogP contribution in [-0.2, 0) is 30.4 Å². The van der Waals surface area contributed by atoms with E-state index in [0.29, 0.717) is 0 Å². The number of rotatable bonds is 12. The van der Waals surface area contributed by atoms with Gasteiger partial charge in [-0.1, -0.05) is 49.4 Å². The number of hydrogen-bond donors (Lipinski definition) is 5. The number of nitrogens with two attached hydrogens (primary N) is 1. The number of carbonyl (C=O) groups excluding carboxylic acids is 4. The summed E-state index contributed by atoms with van der Waals surface area (Å²) in [4.78, 5) is 63.1. The Balaban J connectivity index is 0.000000944. The van der Waals surface area contributed by atoms with E-state index in [1.165, 1.54) is 15.8 Å². The Labute approximate surface area is 294 Å². The highest BCUT2D eigenvalue weighted by molar-refractivity contribution is 5.95. The average Bonchev–Trinajstić information content (AvgIpc) is 3.74. The average molecular weight is 739 g/mol. The molecule has 52 heavy (non-hydrogen) atoms. The molecule has 3 aromatic rings. The fourth-order valence-electron chi connectivity index (χ4n) is 5.23. The fourth-order valence-corrected chi connectivity index (χ4v) is 5.23. The van der Waals surface area contributed by atoms with Gasteiger partial charge in [-0.3, -0.25) is 19.2 Å². The number of primary amides is 1. The SMILES string of the molecule is CN[C@@H](C)C(=O)N[C@H](C(=O)N1C[C@H](n2cc(-c3cc(F)cc(F)c3)nn2)C[C@H]1C(=O)N[C@@H](Cc1ccccc1)C(N)=O)C(C)C.O=C(O)C(F)(F)F. The Morgan fingerprint density at radius 2 is 1.60 bits per heavy atom. The third kappa shape index (κ3) is 11.0. The van der Waals surface area contributed by atoms with E-state index in [4.69, 9.17) is 15.6 Å². The van der Waals surface area contributed by atoms with E-state index < -0.39 is 71.7 Å². The largest absolute Gasteiger partial charge is 0.490 e. The first-order valence-electron chi connectivity index (χ1n) is 15.9. The number of hydrogen-bond acceptors (Lipinski definition) is 8. The molecule has 1 aromatic heterocycles. The van der Waals surface area contributed by atoms with Crippen molar-refractivity contribution in [3.63, 3.8) is 0 Å². The number of alkyl halides is 3. The van der Waals surface area contributed by atoms with Crippen LogP contribution in [0.1, 0.15) is 38.8 Å². The van der Waals surface area contributed by atoms with E-state index in [1.54, 1.807) is 52.1 Å². The first-order valence-corrected chi connectivity index (χ1v) is 15.9. The molecule has 14 nitrogen and oxygen atoms in total. The molecule has 1 aliphatic heterocycles. The molecular weight excluding hydrogens is 699 g/mol. The van der Waals surface area contributed by atoms with Crippen LogP contribution in [0, 0.1) is 17.6 Å². The van der Waals surface area contributed by atoms with Gasteiger partial charge in [0.25, 0.3) is 0 Å². The maximum absolute atomic E-state index is 14.0. The van der Waals surface area contributed by atoms with Crippen LogP contribution < -0.4 is 21.7 Å². The zero-order chi connectivity index (χ0) is 38.9. The maximum Gasteiger partial charge on any atom is 0.490 e. The lowest BCUT2D eigenvalue weighted by Crippen LogP contribution is -2.58. The molecule has 282 valence electrons. The molecule has 1 fully saturated rings. The second-order valence-electron chi connectivity index (χ2n) is 12.3. The molecule has 5 atom stereocenters. The molecule has 4 amide bonds. The molecule has 0 saturated carbocycles. The number of nitrogens with one attached hydrogen (secondary N) is 3. The molecule has 0 spiro atoms. The predicted octanol–water partition coefficient (Wildman–Crippen LogP) is 1.96. The van der Waals surface area contributed by atoms with Crippen LogP contribution in [-0.4, -0.2) is 98.5 Å². The Hall–Kier alpha value is -5.46. The van der Waals surface area contributed by atoms with Gasteiger partial charge in [0, 0.05) is 31.0 Å². The van der Waals surface area contributed by atoms with Crippen LogP contribution in [0.2, 0.25) is 0 Å². The van der Waals surface area contributed by atoms with E-state index in [2.05, 4.69) is 26.3 Å². The van der Waals surface area contributed by atoms with Gasteiger partial charge in [-0.15, -0.1) is 5.10 Å². The number of amides is 4. The van der Waals surface area contributed by atoms with Crippen LogP contribution in [0.3, 0.4) is 0 Å². The second kappa shape index (κ2) is 17.7. The van der Waals surface area contributed by atoms with Gasteiger partial charge in [-0.05, 0) is 37.6 Å². The Kier molecular flexibility index (Phi) is 13.9. The van der Waals surface area contributed by atoms with E-state index in [9.17, 15) is 41.1 Å². The minimum Gasteiger partial charge on any atom is -0.475 e. The summed E-state index contributed by atoms with van der Waals surface area (Å²) in [6.45, 7) is 5.22. The molecule has 1 saturated heterocycles. The third-order valence-electron chi connectivity index (χ3n) is 8.15. The molecule has 2 heterocycles. The maximum atomic E-state index is 14.0. The minimum atomic E-state index is -5.08. The van der Waals surface area contributed by atoms with E-state index in [-0.39, 0.29) is 42.5 Å². The summed E-state index contributed by atoms with van der Waals surface area (Å²) in [7, 11) is 1.62. The van der Waals surface area contributed by atoms with Gasteiger partial charge in [0.1, 0.15) is 35.5 Å². The van der Waals surface area contributed by atoms with Crippen molar-refractivity contribution in [1.29, 1.82) is 0 Å². The number of carboxylic acids is 1. The van der Waals surface area contributed by atoms with Crippen molar-refractivity contribution < 1.29 is 51.0 Å². The number of aliphatic carboxylic acids is 1. The summed E-state index contributed by atoms with van der Waals surface area (Å²) < 4.78 is 60.9. The van der Waals surface area contributed by atoms with Gasteiger partial charge in [-0.2, -0.15) is 13.2 Å². The molecule has 19 heteroatoms. The topological polar surface area (TPSA) is 202 Å². The van der Waals surface area contributed by atoms with Gasteiger partial charge in [0.15, 0.2) is 0 Å². The number of likely N-dealkylation sites (N-methyl/N-ethyl adjacent to an activating group) is 1. The van der Waals surface area contributed by atoms with Crippen molar-refractivity contribution >= 4 is 29.6 Å². The van der Waals surface area contributed by atoms with Crippen molar-refractivity contribution in [2.24, 2.45) is 11.7 Å². The first kappa shape index (κ1) is 41.0. The lowest BCUT2D eigenvalue weighted by atomic mass is 10.0. The smallest absolute Gasteiger partial charge is 0.475 e. The monoisotopic (exact) mass is 738 g/mol. The number of aromatic nitrogens is 3. The molecule has 0 bridgehead atoms. The van der Waals surface area contributed by atoms with Crippen LogP contribution in [0.25, 0.3) is 11.3 Å². The molecular formula is C33H39F5N8O6. The highest BCUT2D eigenvalue weighted by Gasteiger charge is 2.44. The molecule has 4 rings (SSSR count). The number of halogens is 5. The first-order chi connectivity index (χ1) is 24.3. The van der Waals surface area contributed by atoms with Gasteiger partial charge in [0.2, 0.25) is 23.6 Å². The van der Waals surface area contributed by atoms with Crippen LogP contribution in [0.5, 0.6) is 0 Å². The van der Waals surface area contributed by atoms with Crippen molar-refractivity contribution in [2.75, 3.05) is 13.6 Å². The molecule has 6 N–H and O–H groups in total. The summed E-state index contributed by atoms with van der Waals surface area (Å²) in [6, 6.07) is 7.83. The van der Waals surface area contributed by atoms with Crippen molar-refractivity contribution in [3.05, 3.63) is 71.9 Å². The van der Waals surface area contributed by atoms with E-state index >= 15 is 0 Å². The number of benzene rings is 2. The predicted molar refractivity (Wildman–Crippen MR) is 175 cm³/mol. The molecule has 2 aromatic carbocycles. The van der Waals surface area contributed by atoms with Crippen LogP contribution in [0.15, 0.2) is 54.7 Å². The number of likely N-dealkylation sites (tertiary alicyclic amines) is 1. The standard InChI is InChI=1S/C31H38F2N8O4.C2HF3O2/c1-17(2)27(37-29(43)18(3)35-4)31(45)40-15-23(41-16-25(38-39-41)20-11-21(32)13-22(33)12-20)14-26(40)30(44)36-24(28(34)42)10-19-8-6-5-7-9-19;3-2(4,5)1(6)7/h5-9,11-13,16-18,23-24,26-27,35H,10,14-15H2,1-4H3,(H2,34,42)(H,36,44)(H,37,43);(H,6,7)/t18-,23+,24-,26-,27-;/m0./s1. The lowest BCUT2D eigenvalue weighted by molar-refractivity contribution is -0.192. The minimum absolute atomic E-state index is 0.0117. The summed E-state index contributed by atoms with van der Waals surface area (Å²) in [5.41, 5.74) is 6.80. The van der Waals surface area contributed by atoms with E-state index in [0.717, 1.165) is 23.8 Å². The third-order valence-corrected chi connectivity index (χ3v) is 8.15. The highest BCUT2D eigenvalue weighted by Crippen LogP contribution is 2.30. The van der Waals surface area contributed by atoms with Crippen molar-refractivity contribution in [2.45, 2.75) is 70.0 Å². The normalized spacial score (nSPS) is 17.4. The summed E-state index contributed by atoms with van der Waals surface area (Å²) in [5.74, 6) is -6.85. The Morgan fingerprint density at radius 3 is 2.12 bits per heavy atom.